The van der Waals surface area contributed by atoms with Crippen molar-refractivity contribution in [1.29, 1.82) is 0 Å². The van der Waals surface area contributed by atoms with Gasteiger partial charge in [0.15, 0.2) is 11.5 Å². The molecule has 5 nitrogen and oxygen atoms in total. The van der Waals surface area contributed by atoms with E-state index in [1.165, 1.54) is 6.92 Å². The quantitative estimate of drug-likeness (QED) is 0.835. The first kappa shape index (κ1) is 16.0. The van der Waals surface area contributed by atoms with Gasteiger partial charge in [-0.15, -0.1) is 0 Å². The Morgan fingerprint density at radius 3 is 2.71 bits per heavy atom. The van der Waals surface area contributed by atoms with Crippen LogP contribution in [0.25, 0.3) is 0 Å². The van der Waals surface area contributed by atoms with Crippen LogP contribution in [-0.2, 0) is 16.6 Å². The Balaban J connectivity index is 1.89. The van der Waals surface area contributed by atoms with E-state index >= 15 is 0 Å². The number of ether oxygens (including phenoxy) is 2. The molecule has 0 fully saturated rings. The maximum Gasteiger partial charge on any atom is 0.238 e. The molecular weight excluding hydrogens is 304 g/mol. The minimum atomic E-state index is -3.59. The standard InChI is InChI=1S/C13H17F2NO4S/c1-9(4-13(14)15)7-21(17,18)16-6-10-2-3-11-12(5-10)20-8-19-11/h2-3,5,9,13,16H,4,6-8H2,1H3. The van der Waals surface area contributed by atoms with Crippen LogP contribution in [0.2, 0.25) is 0 Å². The van der Waals surface area contributed by atoms with Crippen molar-refractivity contribution in [2.45, 2.75) is 26.3 Å². The summed E-state index contributed by atoms with van der Waals surface area (Å²) in [6.07, 6.45) is -2.92. The van der Waals surface area contributed by atoms with E-state index in [4.69, 9.17) is 9.47 Å². The fourth-order valence-electron chi connectivity index (χ4n) is 2.05. The maximum absolute atomic E-state index is 12.2. The molecule has 0 aliphatic carbocycles. The summed E-state index contributed by atoms with van der Waals surface area (Å²) in [6, 6.07) is 5.11. The predicted molar refractivity (Wildman–Crippen MR) is 73.0 cm³/mol. The van der Waals surface area contributed by atoms with Crippen LogP contribution < -0.4 is 14.2 Å². The molecule has 1 N–H and O–H groups in total. The minimum absolute atomic E-state index is 0.0837. The van der Waals surface area contributed by atoms with Crippen LogP contribution in [0.5, 0.6) is 11.5 Å². The van der Waals surface area contributed by atoms with Crippen molar-refractivity contribution in [2.24, 2.45) is 5.92 Å². The number of benzene rings is 1. The first-order chi connectivity index (χ1) is 9.85. The highest BCUT2D eigenvalue weighted by molar-refractivity contribution is 7.89. The third-order valence-corrected chi connectivity index (χ3v) is 4.61. The van der Waals surface area contributed by atoms with Crippen molar-refractivity contribution < 1.29 is 26.7 Å². The smallest absolute Gasteiger partial charge is 0.238 e. The van der Waals surface area contributed by atoms with E-state index < -0.39 is 28.8 Å². The summed E-state index contributed by atoms with van der Waals surface area (Å²) in [6.45, 7) is 1.72. The molecule has 1 unspecified atom stereocenters. The summed E-state index contributed by atoms with van der Waals surface area (Å²) in [4.78, 5) is 0. The summed E-state index contributed by atoms with van der Waals surface area (Å²) in [5, 5.41) is 0. The van der Waals surface area contributed by atoms with E-state index in [1.807, 2.05) is 0 Å². The maximum atomic E-state index is 12.2. The average molecular weight is 321 g/mol. The average Bonchev–Trinajstić information content (AvgIpc) is 2.81. The predicted octanol–water partition coefficient (Wildman–Crippen LogP) is 2.13. The summed E-state index contributed by atoms with van der Waals surface area (Å²) in [5.74, 6) is 0.270. The summed E-state index contributed by atoms with van der Waals surface area (Å²) >= 11 is 0. The lowest BCUT2D eigenvalue weighted by molar-refractivity contribution is 0.122. The van der Waals surface area contributed by atoms with E-state index in [1.54, 1.807) is 18.2 Å². The normalized spacial score (nSPS) is 15.4. The van der Waals surface area contributed by atoms with Crippen molar-refractivity contribution in [2.75, 3.05) is 12.5 Å². The summed E-state index contributed by atoms with van der Waals surface area (Å²) in [5.41, 5.74) is 0.712. The Labute approximate surface area is 122 Å². The Morgan fingerprint density at radius 1 is 1.29 bits per heavy atom. The van der Waals surface area contributed by atoms with Crippen LogP contribution >= 0.6 is 0 Å². The number of fused-ring (bicyclic) bond motifs is 1. The second-order valence-electron chi connectivity index (χ2n) is 5.02. The second kappa shape index (κ2) is 6.57. The first-order valence-electron chi connectivity index (χ1n) is 6.50. The number of rotatable bonds is 7. The zero-order valence-corrected chi connectivity index (χ0v) is 12.3. The molecule has 1 atom stereocenters. The van der Waals surface area contributed by atoms with Gasteiger partial charge in [0.2, 0.25) is 23.2 Å². The van der Waals surface area contributed by atoms with Gasteiger partial charge in [0, 0.05) is 13.0 Å². The molecular formula is C13H17F2NO4S. The number of hydrogen-bond acceptors (Lipinski definition) is 4. The van der Waals surface area contributed by atoms with Gasteiger partial charge in [-0.25, -0.2) is 21.9 Å². The monoisotopic (exact) mass is 321 g/mol. The van der Waals surface area contributed by atoms with E-state index in [0.717, 1.165) is 0 Å². The van der Waals surface area contributed by atoms with E-state index in [9.17, 15) is 17.2 Å². The van der Waals surface area contributed by atoms with Crippen LogP contribution in [-0.4, -0.2) is 27.4 Å². The zero-order chi connectivity index (χ0) is 15.5. The number of alkyl halides is 2. The lowest BCUT2D eigenvalue weighted by Gasteiger charge is -2.12. The van der Waals surface area contributed by atoms with E-state index in [0.29, 0.717) is 17.1 Å². The Kier molecular flexibility index (Phi) is 5.00. The Hall–Kier alpha value is -1.41. The van der Waals surface area contributed by atoms with Gasteiger partial charge < -0.3 is 9.47 Å². The first-order valence-corrected chi connectivity index (χ1v) is 8.15. The van der Waals surface area contributed by atoms with Gasteiger partial charge in [-0.05, 0) is 23.6 Å². The molecule has 8 heteroatoms. The third-order valence-electron chi connectivity index (χ3n) is 3.02. The lowest BCUT2D eigenvalue weighted by atomic mass is 10.1. The molecule has 1 aromatic carbocycles. The van der Waals surface area contributed by atoms with Crippen molar-refractivity contribution in [3.8, 4) is 11.5 Å². The number of halogens is 2. The highest BCUT2D eigenvalue weighted by Crippen LogP contribution is 2.32. The molecule has 1 aliphatic rings. The largest absolute Gasteiger partial charge is 0.454 e. The Bertz CT molecular complexity index is 592. The molecule has 0 bridgehead atoms. The highest BCUT2D eigenvalue weighted by atomic mass is 32.2. The number of hydrogen-bond donors (Lipinski definition) is 1. The molecule has 0 radical (unpaired) electrons. The number of sulfonamides is 1. The lowest BCUT2D eigenvalue weighted by Crippen LogP contribution is -2.29. The van der Waals surface area contributed by atoms with Crippen LogP contribution in [0.15, 0.2) is 18.2 Å². The molecule has 21 heavy (non-hydrogen) atoms. The van der Waals surface area contributed by atoms with Crippen LogP contribution in [0.1, 0.15) is 18.9 Å². The van der Waals surface area contributed by atoms with Crippen molar-refractivity contribution >= 4 is 10.0 Å². The molecule has 118 valence electrons. The van der Waals surface area contributed by atoms with Gasteiger partial charge >= 0.3 is 0 Å². The van der Waals surface area contributed by atoms with Crippen molar-refractivity contribution in [1.82, 2.24) is 4.72 Å². The minimum Gasteiger partial charge on any atom is -0.454 e. The van der Waals surface area contributed by atoms with Gasteiger partial charge in [0.1, 0.15) is 0 Å². The molecule has 0 amide bonds. The fourth-order valence-corrected chi connectivity index (χ4v) is 3.44. The van der Waals surface area contributed by atoms with Crippen LogP contribution in [0.3, 0.4) is 0 Å². The SMILES string of the molecule is CC(CC(F)F)CS(=O)(=O)NCc1ccc2c(c1)OCO2. The van der Waals surface area contributed by atoms with Gasteiger partial charge in [-0.1, -0.05) is 13.0 Å². The zero-order valence-electron chi connectivity index (χ0n) is 11.5. The second-order valence-corrected chi connectivity index (χ2v) is 6.87. The number of nitrogens with one attached hydrogen (secondary N) is 1. The molecule has 2 rings (SSSR count). The Morgan fingerprint density at radius 2 is 2.00 bits per heavy atom. The molecule has 0 saturated carbocycles. The van der Waals surface area contributed by atoms with Crippen molar-refractivity contribution in [3.63, 3.8) is 0 Å². The summed E-state index contributed by atoms with van der Waals surface area (Å²) < 4.78 is 60.8. The molecule has 0 spiro atoms. The van der Waals surface area contributed by atoms with Crippen LogP contribution in [0, 0.1) is 5.92 Å². The molecule has 0 saturated heterocycles. The van der Waals surface area contributed by atoms with Crippen molar-refractivity contribution in [3.05, 3.63) is 23.8 Å². The molecule has 1 heterocycles. The highest BCUT2D eigenvalue weighted by Gasteiger charge is 2.19. The van der Waals surface area contributed by atoms with Crippen LogP contribution in [0.4, 0.5) is 8.78 Å². The van der Waals surface area contributed by atoms with Gasteiger partial charge in [-0.2, -0.15) is 0 Å². The third kappa shape index (κ3) is 4.82. The van der Waals surface area contributed by atoms with Gasteiger partial charge in [-0.3, -0.25) is 0 Å². The fraction of sp³-hybridized carbons (Fsp3) is 0.538. The molecule has 1 aromatic rings. The molecule has 0 aromatic heterocycles. The van der Waals surface area contributed by atoms with E-state index in [-0.39, 0.29) is 19.1 Å². The van der Waals surface area contributed by atoms with Gasteiger partial charge in [0.25, 0.3) is 0 Å². The molecule has 1 aliphatic heterocycles. The summed E-state index contributed by atoms with van der Waals surface area (Å²) in [7, 11) is -3.59. The topological polar surface area (TPSA) is 64.6 Å². The van der Waals surface area contributed by atoms with E-state index in [2.05, 4.69) is 4.72 Å². The van der Waals surface area contributed by atoms with Gasteiger partial charge in [0.05, 0.1) is 5.75 Å².